The van der Waals surface area contributed by atoms with Crippen LogP contribution in [-0.2, 0) is 0 Å². The quantitative estimate of drug-likeness (QED) is 0.453. The van der Waals surface area contributed by atoms with Crippen molar-refractivity contribution in [3.8, 4) is 0 Å². The van der Waals surface area contributed by atoms with E-state index in [4.69, 9.17) is 0 Å². The summed E-state index contributed by atoms with van der Waals surface area (Å²) >= 11 is 0. The van der Waals surface area contributed by atoms with Gasteiger partial charge in [-0.1, -0.05) is 19.9 Å². The fourth-order valence-corrected chi connectivity index (χ4v) is 2.45. The van der Waals surface area contributed by atoms with E-state index >= 15 is 0 Å². The first-order chi connectivity index (χ1) is 6.33. The van der Waals surface area contributed by atoms with Gasteiger partial charge >= 0.3 is 0 Å². The Morgan fingerprint density at radius 2 is 1.92 bits per heavy atom. The van der Waals surface area contributed by atoms with Crippen LogP contribution in [0.15, 0.2) is 12.7 Å². The smallest absolute Gasteiger partial charge is 0.0971 e. The molecule has 0 saturated carbocycles. The molecule has 0 aromatic carbocycles. The highest BCUT2D eigenvalue weighted by atomic mass is 15.3. The Morgan fingerprint density at radius 1 is 1.23 bits per heavy atom. The number of quaternary nitrogens is 1. The van der Waals surface area contributed by atoms with Crippen LogP contribution < -0.4 is 0 Å². The Morgan fingerprint density at radius 3 is 2.46 bits per heavy atom. The predicted molar refractivity (Wildman–Crippen MR) is 58.7 cm³/mol. The van der Waals surface area contributed by atoms with E-state index in [2.05, 4.69) is 19.6 Å². The van der Waals surface area contributed by atoms with Crippen molar-refractivity contribution in [3.63, 3.8) is 0 Å². The third kappa shape index (κ3) is 3.15. The standard InChI is InChI=1S/C12H24N/c1-3-5-10-13(9-4-2)11-7-6-8-12-13/h4H,2-3,5-12H2,1H3/q+1. The highest BCUT2D eigenvalue weighted by molar-refractivity contribution is 4.68. The van der Waals surface area contributed by atoms with E-state index in [-0.39, 0.29) is 0 Å². The summed E-state index contributed by atoms with van der Waals surface area (Å²) in [4.78, 5) is 0. The SMILES string of the molecule is C=CC[N+]1(CCCC)CCCCC1. The predicted octanol–water partition coefficient (Wildman–Crippen LogP) is 2.97. The van der Waals surface area contributed by atoms with Gasteiger partial charge in [-0.2, -0.15) is 0 Å². The maximum atomic E-state index is 3.89. The van der Waals surface area contributed by atoms with Gasteiger partial charge in [0.05, 0.1) is 26.2 Å². The molecule has 1 rings (SSSR count). The van der Waals surface area contributed by atoms with Gasteiger partial charge in [-0.15, -0.1) is 0 Å². The van der Waals surface area contributed by atoms with Crippen molar-refractivity contribution in [3.05, 3.63) is 12.7 Å². The number of rotatable bonds is 5. The van der Waals surface area contributed by atoms with Crippen LogP contribution in [0, 0.1) is 0 Å². The van der Waals surface area contributed by atoms with Crippen molar-refractivity contribution < 1.29 is 4.48 Å². The second-order valence-corrected chi connectivity index (χ2v) is 4.40. The normalized spacial score (nSPS) is 21.3. The summed E-state index contributed by atoms with van der Waals surface area (Å²) in [7, 11) is 0. The number of nitrogens with zero attached hydrogens (tertiary/aromatic N) is 1. The molecular formula is C12H24N+. The van der Waals surface area contributed by atoms with Gasteiger partial charge in [0.15, 0.2) is 0 Å². The first-order valence-electron chi connectivity index (χ1n) is 5.79. The van der Waals surface area contributed by atoms with E-state index in [0.717, 1.165) is 0 Å². The van der Waals surface area contributed by atoms with Gasteiger partial charge in [0.2, 0.25) is 0 Å². The Kier molecular flexibility index (Phi) is 4.51. The summed E-state index contributed by atoms with van der Waals surface area (Å²) in [6.45, 7) is 11.5. The Bertz CT molecular complexity index is 145. The average molecular weight is 182 g/mol. The van der Waals surface area contributed by atoms with Gasteiger partial charge in [0.25, 0.3) is 0 Å². The minimum Gasteiger partial charge on any atom is -0.320 e. The van der Waals surface area contributed by atoms with Crippen LogP contribution in [0.5, 0.6) is 0 Å². The molecule has 1 saturated heterocycles. The molecule has 0 unspecified atom stereocenters. The fourth-order valence-electron chi connectivity index (χ4n) is 2.45. The third-order valence-electron chi connectivity index (χ3n) is 3.27. The topological polar surface area (TPSA) is 0 Å². The second kappa shape index (κ2) is 5.43. The fraction of sp³-hybridized carbons (Fsp3) is 0.833. The van der Waals surface area contributed by atoms with E-state index < -0.39 is 0 Å². The van der Waals surface area contributed by atoms with E-state index in [1.807, 2.05) is 0 Å². The van der Waals surface area contributed by atoms with E-state index in [1.54, 1.807) is 0 Å². The van der Waals surface area contributed by atoms with Crippen LogP contribution in [0.2, 0.25) is 0 Å². The lowest BCUT2D eigenvalue weighted by Crippen LogP contribution is -2.52. The van der Waals surface area contributed by atoms with Crippen LogP contribution in [-0.4, -0.2) is 30.7 Å². The number of hydrogen-bond donors (Lipinski definition) is 0. The van der Waals surface area contributed by atoms with Gasteiger partial charge < -0.3 is 4.48 Å². The molecule has 1 aliphatic rings. The lowest BCUT2D eigenvalue weighted by Gasteiger charge is -2.41. The van der Waals surface area contributed by atoms with Crippen LogP contribution >= 0.6 is 0 Å². The molecule has 0 radical (unpaired) electrons. The Hall–Kier alpha value is -0.300. The van der Waals surface area contributed by atoms with Crippen LogP contribution in [0.4, 0.5) is 0 Å². The largest absolute Gasteiger partial charge is 0.320 e. The summed E-state index contributed by atoms with van der Waals surface area (Å²) in [6.07, 6.45) is 9.13. The summed E-state index contributed by atoms with van der Waals surface area (Å²) in [5.41, 5.74) is 0. The van der Waals surface area contributed by atoms with E-state index in [0.29, 0.717) is 0 Å². The summed E-state index contributed by atoms with van der Waals surface area (Å²) in [5.74, 6) is 0. The minimum absolute atomic E-state index is 1.19. The highest BCUT2D eigenvalue weighted by Crippen LogP contribution is 2.19. The van der Waals surface area contributed by atoms with Crippen LogP contribution in [0.25, 0.3) is 0 Å². The molecule has 1 aliphatic heterocycles. The van der Waals surface area contributed by atoms with E-state index in [1.165, 1.54) is 62.8 Å². The number of unbranched alkanes of at least 4 members (excludes halogenated alkanes) is 1. The lowest BCUT2D eigenvalue weighted by atomic mass is 10.1. The van der Waals surface area contributed by atoms with Crippen molar-refractivity contribution in [1.82, 2.24) is 0 Å². The van der Waals surface area contributed by atoms with Crippen LogP contribution in [0.3, 0.4) is 0 Å². The van der Waals surface area contributed by atoms with Gasteiger partial charge in [-0.25, -0.2) is 0 Å². The summed E-state index contributed by atoms with van der Waals surface area (Å²) in [6, 6.07) is 0. The molecule has 0 N–H and O–H groups in total. The molecular weight excluding hydrogens is 158 g/mol. The van der Waals surface area contributed by atoms with Crippen molar-refractivity contribution in [2.45, 2.75) is 39.0 Å². The summed E-state index contributed by atoms with van der Waals surface area (Å²) < 4.78 is 1.33. The molecule has 0 aliphatic carbocycles. The number of hydrogen-bond acceptors (Lipinski definition) is 0. The first-order valence-corrected chi connectivity index (χ1v) is 5.79. The third-order valence-corrected chi connectivity index (χ3v) is 3.27. The molecule has 0 bridgehead atoms. The zero-order valence-electron chi connectivity index (χ0n) is 9.10. The maximum Gasteiger partial charge on any atom is 0.0971 e. The molecule has 13 heavy (non-hydrogen) atoms. The van der Waals surface area contributed by atoms with Crippen LogP contribution in [0.1, 0.15) is 39.0 Å². The first kappa shape index (κ1) is 10.8. The summed E-state index contributed by atoms with van der Waals surface area (Å²) in [5, 5.41) is 0. The minimum atomic E-state index is 1.19. The van der Waals surface area contributed by atoms with Crippen molar-refractivity contribution in [2.24, 2.45) is 0 Å². The molecule has 1 heteroatoms. The Labute approximate surface area is 83.0 Å². The molecule has 76 valence electrons. The molecule has 0 spiro atoms. The molecule has 1 heterocycles. The zero-order chi connectivity index (χ0) is 9.57. The van der Waals surface area contributed by atoms with Crippen molar-refractivity contribution in [1.29, 1.82) is 0 Å². The van der Waals surface area contributed by atoms with Gasteiger partial charge in [0.1, 0.15) is 0 Å². The van der Waals surface area contributed by atoms with Gasteiger partial charge in [0, 0.05) is 0 Å². The number of piperidine rings is 1. The second-order valence-electron chi connectivity index (χ2n) is 4.40. The van der Waals surface area contributed by atoms with Gasteiger partial charge in [-0.05, 0) is 31.8 Å². The Balaban J connectivity index is 2.45. The highest BCUT2D eigenvalue weighted by Gasteiger charge is 2.27. The average Bonchev–Trinajstić information content (AvgIpc) is 2.17. The molecule has 0 atom stereocenters. The molecule has 1 nitrogen and oxygen atoms in total. The molecule has 1 fully saturated rings. The molecule has 0 amide bonds. The van der Waals surface area contributed by atoms with E-state index in [9.17, 15) is 0 Å². The maximum absolute atomic E-state index is 3.89. The zero-order valence-corrected chi connectivity index (χ0v) is 9.10. The molecule has 0 aromatic heterocycles. The van der Waals surface area contributed by atoms with Crippen molar-refractivity contribution in [2.75, 3.05) is 26.2 Å². The van der Waals surface area contributed by atoms with Crippen molar-refractivity contribution >= 4 is 0 Å². The monoisotopic (exact) mass is 182 g/mol. The number of likely N-dealkylation sites (tertiary alicyclic amines) is 1. The lowest BCUT2D eigenvalue weighted by molar-refractivity contribution is -0.927. The molecule has 0 aromatic rings. The van der Waals surface area contributed by atoms with Gasteiger partial charge in [-0.3, -0.25) is 0 Å².